The molecule has 0 aromatic rings. The van der Waals surface area contributed by atoms with Gasteiger partial charge in [-0.2, -0.15) is 0 Å². The van der Waals surface area contributed by atoms with Crippen LogP contribution in [0, 0.1) is 5.92 Å². The first-order chi connectivity index (χ1) is 11.7. The first-order valence-electron chi connectivity index (χ1n) is 8.85. The number of rotatable bonds is 4. The number of ether oxygens (including phenoxy) is 4. The van der Waals surface area contributed by atoms with Crippen LogP contribution in [-0.4, -0.2) is 78.9 Å². The minimum atomic E-state index is -0.695. The van der Waals surface area contributed by atoms with Crippen molar-refractivity contribution in [3.05, 3.63) is 0 Å². The molecule has 2 amide bonds. The van der Waals surface area contributed by atoms with Crippen molar-refractivity contribution in [3.8, 4) is 0 Å². The Morgan fingerprint density at radius 1 is 0.920 bits per heavy atom. The predicted molar refractivity (Wildman–Crippen MR) is 87.3 cm³/mol. The largest absolute Gasteiger partial charge is 0.354 e. The Morgan fingerprint density at radius 2 is 1.44 bits per heavy atom. The molecule has 0 saturated carbocycles. The molecule has 0 radical (unpaired) electrons. The summed E-state index contributed by atoms with van der Waals surface area (Å²) in [7, 11) is 0. The lowest BCUT2D eigenvalue weighted by molar-refractivity contribution is -0.169. The van der Waals surface area contributed by atoms with Gasteiger partial charge in [-0.15, -0.1) is 0 Å². The van der Waals surface area contributed by atoms with Gasteiger partial charge in [0.25, 0.3) is 0 Å². The zero-order valence-electron chi connectivity index (χ0n) is 15.4. The van der Waals surface area contributed by atoms with E-state index in [1.165, 1.54) is 0 Å². The lowest BCUT2D eigenvalue weighted by atomic mass is 10.00. The number of nitrogens with zero attached hydrogens (tertiary/aromatic N) is 2. The van der Waals surface area contributed by atoms with Gasteiger partial charge in [0, 0.05) is 19.5 Å². The fourth-order valence-electron chi connectivity index (χ4n) is 3.68. The van der Waals surface area contributed by atoms with Gasteiger partial charge in [-0.3, -0.25) is 9.59 Å². The van der Waals surface area contributed by atoms with E-state index in [1.54, 1.807) is 9.80 Å². The lowest BCUT2D eigenvalue weighted by Gasteiger charge is -2.35. The van der Waals surface area contributed by atoms with Crippen LogP contribution in [0.15, 0.2) is 0 Å². The summed E-state index contributed by atoms with van der Waals surface area (Å²) in [5, 5.41) is 0. The molecule has 1 atom stereocenters. The molecule has 3 saturated heterocycles. The number of carbonyl (C=O) groups excluding carboxylic acids is 2. The summed E-state index contributed by atoms with van der Waals surface area (Å²) < 4.78 is 22.4. The third-order valence-electron chi connectivity index (χ3n) is 5.10. The molecule has 0 bridgehead atoms. The lowest BCUT2D eigenvalue weighted by Crippen LogP contribution is -2.51. The number of hydrogen-bond acceptors (Lipinski definition) is 6. The van der Waals surface area contributed by atoms with Crippen LogP contribution in [0.3, 0.4) is 0 Å². The Balaban J connectivity index is 1.76. The van der Waals surface area contributed by atoms with Gasteiger partial charge in [-0.05, 0) is 27.7 Å². The summed E-state index contributed by atoms with van der Waals surface area (Å²) >= 11 is 0. The number of amides is 2. The molecule has 3 heterocycles. The first kappa shape index (κ1) is 18.6. The van der Waals surface area contributed by atoms with Crippen molar-refractivity contribution in [1.29, 1.82) is 0 Å². The topological polar surface area (TPSA) is 77.5 Å². The van der Waals surface area contributed by atoms with Crippen molar-refractivity contribution in [1.82, 2.24) is 9.80 Å². The predicted octanol–water partition coefficient (Wildman–Crippen LogP) is 0.555. The maximum atomic E-state index is 13.1. The summed E-state index contributed by atoms with van der Waals surface area (Å²) in [5.74, 6) is -0.981. The Kier molecular flexibility index (Phi) is 5.07. The molecular weight excluding hydrogens is 328 g/mol. The van der Waals surface area contributed by atoms with Crippen LogP contribution < -0.4 is 0 Å². The second-order valence-corrected chi connectivity index (χ2v) is 7.55. The Labute approximate surface area is 148 Å². The van der Waals surface area contributed by atoms with Crippen LogP contribution in [0.4, 0.5) is 0 Å². The van der Waals surface area contributed by atoms with E-state index < -0.39 is 23.7 Å². The van der Waals surface area contributed by atoms with Gasteiger partial charge in [0.05, 0.1) is 32.3 Å². The fraction of sp³-hybridized carbons (Fsp3) is 0.882. The van der Waals surface area contributed by atoms with E-state index in [0.29, 0.717) is 39.5 Å². The molecule has 0 aromatic heterocycles. The first-order valence-corrected chi connectivity index (χ1v) is 8.85. The van der Waals surface area contributed by atoms with Gasteiger partial charge in [0.1, 0.15) is 11.4 Å². The van der Waals surface area contributed by atoms with Gasteiger partial charge in [0.2, 0.25) is 11.8 Å². The number of hydrogen-bond donors (Lipinski definition) is 0. The van der Waals surface area contributed by atoms with Crippen LogP contribution in [0.2, 0.25) is 0 Å². The summed E-state index contributed by atoms with van der Waals surface area (Å²) in [6, 6.07) is 0. The molecule has 1 unspecified atom stereocenters. The Bertz CT molecular complexity index is 529. The maximum absolute atomic E-state index is 13.1. The molecule has 0 aromatic carbocycles. The van der Waals surface area contributed by atoms with Crippen molar-refractivity contribution in [3.63, 3.8) is 0 Å². The van der Waals surface area contributed by atoms with E-state index in [1.807, 2.05) is 27.7 Å². The standard InChI is InChI=1S/C17H28N2O6/c1-16(2)18(5-7-24-16)13(20)11-12(15-22-9-10-23-15)14(21)19-6-8-25-17(19,3)4/h12,15H,5-11H2,1-4H3. The third-order valence-corrected chi connectivity index (χ3v) is 5.10. The van der Waals surface area contributed by atoms with E-state index >= 15 is 0 Å². The van der Waals surface area contributed by atoms with Gasteiger partial charge in [-0.25, -0.2) is 0 Å². The second-order valence-electron chi connectivity index (χ2n) is 7.55. The van der Waals surface area contributed by atoms with Gasteiger partial charge in [-0.1, -0.05) is 0 Å². The number of carbonyl (C=O) groups is 2. The van der Waals surface area contributed by atoms with Crippen LogP contribution in [-0.2, 0) is 28.5 Å². The van der Waals surface area contributed by atoms with Crippen molar-refractivity contribution in [2.24, 2.45) is 5.92 Å². The molecule has 8 nitrogen and oxygen atoms in total. The maximum Gasteiger partial charge on any atom is 0.233 e. The monoisotopic (exact) mass is 356 g/mol. The highest BCUT2D eigenvalue weighted by atomic mass is 16.7. The molecule has 25 heavy (non-hydrogen) atoms. The van der Waals surface area contributed by atoms with E-state index in [2.05, 4.69) is 0 Å². The van der Waals surface area contributed by atoms with Crippen LogP contribution >= 0.6 is 0 Å². The van der Waals surface area contributed by atoms with E-state index in [0.717, 1.165) is 0 Å². The second kappa shape index (κ2) is 6.83. The highest BCUT2D eigenvalue weighted by molar-refractivity contribution is 5.87. The molecule has 0 spiro atoms. The molecule has 0 N–H and O–H groups in total. The van der Waals surface area contributed by atoms with Gasteiger partial charge < -0.3 is 28.7 Å². The normalized spacial score (nSPS) is 27.0. The molecular formula is C17H28N2O6. The fourth-order valence-corrected chi connectivity index (χ4v) is 3.68. The minimum Gasteiger partial charge on any atom is -0.354 e. The quantitative estimate of drug-likeness (QED) is 0.732. The average molecular weight is 356 g/mol. The Hall–Kier alpha value is -1.22. The highest BCUT2D eigenvalue weighted by Crippen LogP contribution is 2.30. The summed E-state index contributed by atoms with van der Waals surface area (Å²) in [4.78, 5) is 29.3. The Morgan fingerprint density at radius 3 is 1.92 bits per heavy atom. The van der Waals surface area contributed by atoms with Crippen LogP contribution in [0.25, 0.3) is 0 Å². The SMILES string of the molecule is CC1(C)OCCN1C(=O)CC(C(=O)N1CCOC1(C)C)C1OCCO1. The zero-order valence-corrected chi connectivity index (χ0v) is 15.4. The van der Waals surface area contributed by atoms with E-state index in [9.17, 15) is 9.59 Å². The van der Waals surface area contributed by atoms with Crippen molar-refractivity contribution in [2.45, 2.75) is 51.9 Å². The van der Waals surface area contributed by atoms with Crippen molar-refractivity contribution >= 4 is 11.8 Å². The smallest absolute Gasteiger partial charge is 0.233 e. The molecule has 3 aliphatic heterocycles. The third kappa shape index (κ3) is 3.67. The molecule has 8 heteroatoms. The summed E-state index contributed by atoms with van der Waals surface area (Å²) in [6.45, 7) is 10.3. The van der Waals surface area contributed by atoms with E-state index in [4.69, 9.17) is 18.9 Å². The van der Waals surface area contributed by atoms with Crippen LogP contribution in [0.5, 0.6) is 0 Å². The van der Waals surface area contributed by atoms with Crippen molar-refractivity contribution < 1.29 is 28.5 Å². The average Bonchev–Trinajstić information content (AvgIpc) is 3.23. The summed E-state index contributed by atoms with van der Waals surface area (Å²) in [5.41, 5.74) is -1.34. The minimum absolute atomic E-state index is 0.0306. The summed E-state index contributed by atoms with van der Waals surface area (Å²) in [6.07, 6.45) is -0.664. The highest BCUT2D eigenvalue weighted by Gasteiger charge is 2.46. The molecule has 3 aliphatic rings. The molecule has 142 valence electrons. The molecule has 3 rings (SSSR count). The van der Waals surface area contributed by atoms with Gasteiger partial charge >= 0.3 is 0 Å². The van der Waals surface area contributed by atoms with Crippen molar-refractivity contribution in [2.75, 3.05) is 39.5 Å². The van der Waals surface area contributed by atoms with Crippen LogP contribution in [0.1, 0.15) is 34.1 Å². The van der Waals surface area contributed by atoms with Gasteiger partial charge in [0.15, 0.2) is 6.29 Å². The molecule has 3 fully saturated rings. The zero-order chi connectivity index (χ0) is 18.2. The van der Waals surface area contributed by atoms with E-state index in [-0.39, 0.29) is 18.2 Å². The molecule has 0 aliphatic carbocycles.